The van der Waals surface area contributed by atoms with Crippen LogP contribution in [0.2, 0.25) is 0 Å². The van der Waals surface area contributed by atoms with Gasteiger partial charge in [-0.05, 0) is 42.1 Å². The summed E-state index contributed by atoms with van der Waals surface area (Å²) in [6, 6.07) is 14.4. The minimum atomic E-state index is 0.744. The third-order valence-corrected chi connectivity index (χ3v) is 5.41. The fraction of sp³-hybridized carbons (Fsp3) is 0.217. The van der Waals surface area contributed by atoms with E-state index in [0.29, 0.717) is 0 Å². The van der Waals surface area contributed by atoms with Gasteiger partial charge in [-0.25, -0.2) is 9.97 Å². The zero-order valence-corrected chi connectivity index (χ0v) is 16.2. The van der Waals surface area contributed by atoms with E-state index in [1.165, 1.54) is 11.1 Å². The maximum atomic E-state index is 4.74. The van der Waals surface area contributed by atoms with Gasteiger partial charge in [0.05, 0.1) is 0 Å². The van der Waals surface area contributed by atoms with E-state index in [-0.39, 0.29) is 0 Å². The van der Waals surface area contributed by atoms with Gasteiger partial charge >= 0.3 is 0 Å². The van der Waals surface area contributed by atoms with Crippen molar-refractivity contribution in [1.82, 2.24) is 20.6 Å². The molecule has 0 radical (unpaired) electrons. The van der Waals surface area contributed by atoms with Gasteiger partial charge in [0.25, 0.3) is 0 Å². The van der Waals surface area contributed by atoms with E-state index in [2.05, 4.69) is 39.1 Å². The number of rotatable bonds is 4. The number of aromatic nitrogens is 2. The third-order valence-electron chi connectivity index (χ3n) is 5.41. The lowest BCUT2D eigenvalue weighted by molar-refractivity contribution is 0.585. The van der Waals surface area contributed by atoms with E-state index in [1.807, 2.05) is 48.9 Å². The highest BCUT2D eigenvalue weighted by Gasteiger charge is 2.17. The molecule has 29 heavy (non-hydrogen) atoms. The Hall–Kier alpha value is -3.38. The first-order chi connectivity index (χ1) is 14.4. The van der Waals surface area contributed by atoms with Gasteiger partial charge in [0.2, 0.25) is 0 Å². The maximum absolute atomic E-state index is 4.74. The monoisotopic (exact) mass is 384 g/mol. The highest BCUT2D eigenvalue weighted by atomic mass is 15.2. The molecule has 6 heteroatoms. The van der Waals surface area contributed by atoms with E-state index in [1.54, 1.807) is 0 Å². The van der Waals surface area contributed by atoms with Crippen LogP contribution >= 0.6 is 0 Å². The Labute approximate surface area is 170 Å². The zero-order valence-electron chi connectivity index (χ0n) is 16.2. The normalized spacial score (nSPS) is 15.5. The number of nitrogens with zero attached hydrogens (tertiary/aromatic N) is 3. The van der Waals surface area contributed by atoms with Crippen molar-refractivity contribution in [3.8, 4) is 11.1 Å². The SMILES string of the molecule is C1=Cc2c(-c3ccc(N4CCNCC4)nc3)cnc(Nc3ccccc3)c2CN1. The summed E-state index contributed by atoms with van der Waals surface area (Å²) in [5, 5.41) is 10.1. The van der Waals surface area contributed by atoms with Crippen molar-refractivity contribution in [1.29, 1.82) is 0 Å². The summed E-state index contributed by atoms with van der Waals surface area (Å²) >= 11 is 0. The van der Waals surface area contributed by atoms with Crippen LogP contribution in [-0.4, -0.2) is 36.1 Å². The zero-order chi connectivity index (χ0) is 19.5. The van der Waals surface area contributed by atoms with Crippen LogP contribution in [0.4, 0.5) is 17.3 Å². The maximum Gasteiger partial charge on any atom is 0.135 e. The molecule has 2 aromatic heterocycles. The van der Waals surface area contributed by atoms with Crippen LogP contribution in [0.3, 0.4) is 0 Å². The van der Waals surface area contributed by atoms with E-state index in [0.717, 1.165) is 61.2 Å². The first-order valence-corrected chi connectivity index (χ1v) is 10.0. The number of para-hydroxylation sites is 1. The highest BCUT2D eigenvalue weighted by Crippen LogP contribution is 2.33. The van der Waals surface area contributed by atoms with Crippen LogP contribution in [0, 0.1) is 0 Å². The van der Waals surface area contributed by atoms with E-state index in [9.17, 15) is 0 Å². The first-order valence-electron chi connectivity index (χ1n) is 10.0. The van der Waals surface area contributed by atoms with Crippen LogP contribution in [0.25, 0.3) is 17.2 Å². The minimum Gasteiger partial charge on any atom is -0.387 e. The smallest absolute Gasteiger partial charge is 0.135 e. The molecule has 1 aromatic carbocycles. The number of benzene rings is 1. The Morgan fingerprint density at radius 1 is 0.931 bits per heavy atom. The summed E-state index contributed by atoms with van der Waals surface area (Å²) in [5.74, 6) is 1.92. The molecule has 0 spiro atoms. The average Bonchev–Trinajstić information content (AvgIpc) is 2.81. The van der Waals surface area contributed by atoms with Gasteiger partial charge in [-0.2, -0.15) is 0 Å². The molecule has 4 heterocycles. The van der Waals surface area contributed by atoms with Gasteiger partial charge in [0, 0.05) is 67.5 Å². The van der Waals surface area contributed by atoms with Crippen molar-refractivity contribution in [3.63, 3.8) is 0 Å². The quantitative estimate of drug-likeness (QED) is 0.641. The summed E-state index contributed by atoms with van der Waals surface area (Å²) in [6.07, 6.45) is 8.03. The Balaban J connectivity index is 1.47. The fourth-order valence-electron chi connectivity index (χ4n) is 3.86. The van der Waals surface area contributed by atoms with Gasteiger partial charge in [-0.1, -0.05) is 18.2 Å². The lowest BCUT2D eigenvalue weighted by Crippen LogP contribution is -2.43. The van der Waals surface area contributed by atoms with Crippen molar-refractivity contribution in [2.24, 2.45) is 0 Å². The number of hydrogen-bond donors (Lipinski definition) is 3. The van der Waals surface area contributed by atoms with Gasteiger partial charge in [0.1, 0.15) is 11.6 Å². The van der Waals surface area contributed by atoms with Crippen LogP contribution < -0.4 is 20.9 Å². The molecular formula is C23H24N6. The Morgan fingerprint density at radius 3 is 2.59 bits per heavy atom. The topological polar surface area (TPSA) is 65.1 Å². The van der Waals surface area contributed by atoms with Gasteiger partial charge in [0.15, 0.2) is 0 Å². The lowest BCUT2D eigenvalue weighted by atomic mass is 9.96. The molecule has 5 rings (SSSR count). The third kappa shape index (κ3) is 3.67. The standard InChI is InChI=1S/C23H24N6/c1-2-4-18(5-3-1)28-23-21-15-25-9-8-19(21)20(16-27-23)17-6-7-22(26-14-17)29-12-10-24-11-13-29/h1-9,14,16,24-25H,10-13,15H2,(H,27,28). The molecular weight excluding hydrogens is 360 g/mol. The largest absolute Gasteiger partial charge is 0.387 e. The van der Waals surface area contributed by atoms with Crippen molar-refractivity contribution in [2.45, 2.75) is 6.54 Å². The van der Waals surface area contributed by atoms with Crippen LogP contribution in [0.5, 0.6) is 0 Å². The van der Waals surface area contributed by atoms with E-state index < -0.39 is 0 Å². The Bertz CT molecular complexity index is 1010. The first kappa shape index (κ1) is 17.7. The highest BCUT2D eigenvalue weighted by molar-refractivity contribution is 5.81. The molecule has 1 saturated heterocycles. The number of fused-ring (bicyclic) bond motifs is 1. The molecule has 0 amide bonds. The molecule has 3 aromatic rings. The van der Waals surface area contributed by atoms with Gasteiger partial charge in [-0.3, -0.25) is 0 Å². The number of piperazine rings is 1. The summed E-state index contributed by atoms with van der Waals surface area (Å²) < 4.78 is 0. The number of pyridine rings is 2. The second-order valence-electron chi connectivity index (χ2n) is 7.26. The average molecular weight is 384 g/mol. The van der Waals surface area contributed by atoms with Crippen LogP contribution in [0.1, 0.15) is 11.1 Å². The molecule has 2 aliphatic heterocycles. The molecule has 0 bridgehead atoms. The molecule has 146 valence electrons. The Morgan fingerprint density at radius 2 is 1.79 bits per heavy atom. The van der Waals surface area contributed by atoms with Crippen molar-refractivity contribution in [2.75, 3.05) is 36.4 Å². The number of nitrogens with one attached hydrogen (secondary N) is 3. The molecule has 3 N–H and O–H groups in total. The summed E-state index contributed by atoms with van der Waals surface area (Å²) in [7, 11) is 0. The molecule has 6 nitrogen and oxygen atoms in total. The molecule has 0 unspecified atom stereocenters. The molecule has 0 saturated carbocycles. The van der Waals surface area contributed by atoms with Crippen LogP contribution in [-0.2, 0) is 6.54 Å². The lowest BCUT2D eigenvalue weighted by Gasteiger charge is -2.28. The van der Waals surface area contributed by atoms with Crippen molar-refractivity contribution >= 4 is 23.4 Å². The second kappa shape index (κ2) is 7.93. The molecule has 1 fully saturated rings. The minimum absolute atomic E-state index is 0.744. The van der Waals surface area contributed by atoms with Crippen molar-refractivity contribution in [3.05, 3.63) is 72.2 Å². The Kier molecular flexibility index (Phi) is 4.84. The van der Waals surface area contributed by atoms with Gasteiger partial charge < -0.3 is 20.9 Å². The molecule has 2 aliphatic rings. The van der Waals surface area contributed by atoms with E-state index >= 15 is 0 Å². The predicted octanol–water partition coefficient (Wildman–Crippen LogP) is 3.37. The summed E-state index contributed by atoms with van der Waals surface area (Å²) in [4.78, 5) is 11.8. The summed E-state index contributed by atoms with van der Waals surface area (Å²) in [5.41, 5.74) is 5.58. The predicted molar refractivity (Wildman–Crippen MR) is 118 cm³/mol. The number of anilines is 3. The van der Waals surface area contributed by atoms with Crippen LogP contribution in [0.15, 0.2) is 61.1 Å². The number of hydrogen-bond acceptors (Lipinski definition) is 6. The second-order valence-corrected chi connectivity index (χ2v) is 7.26. The fourth-order valence-corrected chi connectivity index (χ4v) is 3.86. The van der Waals surface area contributed by atoms with Gasteiger partial charge in [-0.15, -0.1) is 0 Å². The molecule has 0 aliphatic carbocycles. The summed E-state index contributed by atoms with van der Waals surface area (Å²) in [6.45, 7) is 4.76. The van der Waals surface area contributed by atoms with E-state index in [4.69, 9.17) is 9.97 Å². The van der Waals surface area contributed by atoms with Crippen molar-refractivity contribution < 1.29 is 0 Å². The molecule has 0 atom stereocenters.